The summed E-state index contributed by atoms with van der Waals surface area (Å²) in [5.74, 6) is 0.574. The Morgan fingerprint density at radius 1 is 1.58 bits per heavy atom. The van der Waals surface area contributed by atoms with Crippen molar-refractivity contribution in [2.75, 3.05) is 17.3 Å². The molecule has 1 fully saturated rings. The van der Waals surface area contributed by atoms with E-state index in [0.29, 0.717) is 34.6 Å². The third kappa shape index (κ3) is 2.74. The van der Waals surface area contributed by atoms with E-state index in [1.165, 1.54) is 12.1 Å². The van der Waals surface area contributed by atoms with E-state index in [2.05, 4.69) is 15.9 Å². The normalized spacial score (nSPS) is 19.0. The summed E-state index contributed by atoms with van der Waals surface area (Å²) < 4.78 is 0.558. The average molecular weight is 348 g/mol. The fraction of sp³-hybridized carbons (Fsp3) is 0.417. The monoisotopic (exact) mass is 346 g/mol. The van der Waals surface area contributed by atoms with Gasteiger partial charge in [0.05, 0.1) is 10.6 Å². The molecule has 0 bridgehead atoms. The Balaban J connectivity index is 2.41. The van der Waals surface area contributed by atoms with E-state index in [-0.39, 0.29) is 17.5 Å². The lowest BCUT2D eigenvalue weighted by molar-refractivity contribution is -0.385. The van der Waals surface area contributed by atoms with Gasteiger partial charge in [0.25, 0.3) is 5.69 Å². The number of hydrogen-bond donors (Lipinski definition) is 0. The van der Waals surface area contributed by atoms with Crippen LogP contribution >= 0.6 is 27.5 Å². The lowest BCUT2D eigenvalue weighted by Gasteiger charge is -2.20. The van der Waals surface area contributed by atoms with Gasteiger partial charge in [0.2, 0.25) is 5.91 Å². The Bertz CT molecular complexity index is 527. The van der Waals surface area contributed by atoms with Crippen LogP contribution in [0.25, 0.3) is 0 Å². The van der Waals surface area contributed by atoms with Gasteiger partial charge in [0.15, 0.2) is 0 Å². The van der Waals surface area contributed by atoms with Gasteiger partial charge in [-0.15, -0.1) is 11.6 Å². The van der Waals surface area contributed by atoms with E-state index in [1.807, 2.05) is 0 Å². The van der Waals surface area contributed by atoms with E-state index in [0.717, 1.165) is 0 Å². The molecule has 1 aromatic carbocycles. The Hall–Kier alpha value is -1.14. The Labute approximate surface area is 123 Å². The van der Waals surface area contributed by atoms with E-state index in [9.17, 15) is 14.9 Å². The van der Waals surface area contributed by atoms with Crippen molar-refractivity contribution in [3.63, 3.8) is 0 Å². The summed E-state index contributed by atoms with van der Waals surface area (Å²) in [6.45, 7) is 2.31. The van der Waals surface area contributed by atoms with Crippen LogP contribution in [0.15, 0.2) is 16.6 Å². The molecule has 0 aliphatic carbocycles. The largest absolute Gasteiger partial charge is 0.311 e. The highest BCUT2D eigenvalue weighted by molar-refractivity contribution is 9.10. The number of hydrogen-bond acceptors (Lipinski definition) is 3. The van der Waals surface area contributed by atoms with Gasteiger partial charge in [-0.05, 0) is 34.3 Å². The first-order valence-electron chi connectivity index (χ1n) is 5.75. The number of nitrogens with zero attached hydrogens (tertiary/aromatic N) is 2. The van der Waals surface area contributed by atoms with Crippen molar-refractivity contribution in [3.8, 4) is 0 Å². The number of nitro groups is 1. The maximum atomic E-state index is 12.0. The second kappa shape index (κ2) is 5.46. The van der Waals surface area contributed by atoms with Crippen LogP contribution in [-0.4, -0.2) is 23.3 Å². The highest BCUT2D eigenvalue weighted by atomic mass is 79.9. The molecule has 0 radical (unpaired) electrons. The zero-order valence-electron chi connectivity index (χ0n) is 10.2. The van der Waals surface area contributed by atoms with Gasteiger partial charge < -0.3 is 4.90 Å². The molecule has 19 heavy (non-hydrogen) atoms. The standard InChI is InChI=1S/C12H12BrClN2O3/c1-7-2-9(16(18)19)4-10(13)12(7)15-6-8(5-14)3-11(15)17/h2,4,8H,3,5-6H2,1H3. The summed E-state index contributed by atoms with van der Waals surface area (Å²) in [6, 6.07) is 2.89. The topological polar surface area (TPSA) is 63.5 Å². The molecule has 1 unspecified atom stereocenters. The van der Waals surface area contributed by atoms with Gasteiger partial charge in [-0.3, -0.25) is 14.9 Å². The van der Waals surface area contributed by atoms with Crippen LogP contribution in [-0.2, 0) is 4.79 Å². The van der Waals surface area contributed by atoms with Crippen molar-refractivity contribution >= 4 is 44.8 Å². The molecule has 2 rings (SSSR count). The van der Waals surface area contributed by atoms with Gasteiger partial charge in [-0.2, -0.15) is 0 Å². The van der Waals surface area contributed by atoms with Gasteiger partial charge in [-0.1, -0.05) is 0 Å². The maximum absolute atomic E-state index is 12.0. The van der Waals surface area contributed by atoms with E-state index in [1.54, 1.807) is 11.8 Å². The van der Waals surface area contributed by atoms with Crippen molar-refractivity contribution in [1.82, 2.24) is 0 Å². The quantitative estimate of drug-likeness (QED) is 0.479. The van der Waals surface area contributed by atoms with Crippen LogP contribution in [0.1, 0.15) is 12.0 Å². The summed E-state index contributed by atoms with van der Waals surface area (Å²) in [7, 11) is 0. The molecular formula is C12H12BrClN2O3. The van der Waals surface area contributed by atoms with Gasteiger partial charge >= 0.3 is 0 Å². The van der Waals surface area contributed by atoms with Crippen molar-refractivity contribution in [3.05, 3.63) is 32.3 Å². The minimum Gasteiger partial charge on any atom is -0.311 e. The van der Waals surface area contributed by atoms with E-state index < -0.39 is 4.92 Å². The molecule has 1 aliphatic rings. The van der Waals surface area contributed by atoms with Crippen molar-refractivity contribution in [2.24, 2.45) is 5.92 Å². The molecule has 1 amide bonds. The van der Waals surface area contributed by atoms with Crippen LogP contribution in [0.5, 0.6) is 0 Å². The Kier molecular flexibility index (Phi) is 4.10. The van der Waals surface area contributed by atoms with Crippen LogP contribution in [0.3, 0.4) is 0 Å². The third-order valence-corrected chi connectivity index (χ3v) is 4.18. The Morgan fingerprint density at radius 3 is 2.74 bits per heavy atom. The van der Waals surface area contributed by atoms with Gasteiger partial charge in [-0.25, -0.2) is 0 Å². The maximum Gasteiger partial charge on any atom is 0.270 e. The SMILES string of the molecule is Cc1cc([N+](=O)[O-])cc(Br)c1N1CC(CCl)CC1=O. The fourth-order valence-corrected chi connectivity index (χ4v) is 3.23. The van der Waals surface area contributed by atoms with Crippen molar-refractivity contribution in [2.45, 2.75) is 13.3 Å². The molecule has 0 spiro atoms. The lowest BCUT2D eigenvalue weighted by Crippen LogP contribution is -2.26. The summed E-state index contributed by atoms with van der Waals surface area (Å²) in [4.78, 5) is 24.0. The van der Waals surface area contributed by atoms with Gasteiger partial charge in [0, 0.05) is 35.5 Å². The van der Waals surface area contributed by atoms with E-state index in [4.69, 9.17) is 11.6 Å². The summed E-state index contributed by atoms with van der Waals surface area (Å²) in [5, 5.41) is 10.8. The predicted octanol–water partition coefficient (Wildman–Crippen LogP) is 3.26. The molecule has 102 valence electrons. The highest BCUT2D eigenvalue weighted by Gasteiger charge is 2.32. The van der Waals surface area contributed by atoms with E-state index >= 15 is 0 Å². The number of carbonyl (C=O) groups is 1. The first-order chi connectivity index (χ1) is 8.93. The number of halogens is 2. The predicted molar refractivity (Wildman–Crippen MR) is 76.7 cm³/mol. The second-order valence-electron chi connectivity index (χ2n) is 4.58. The zero-order valence-corrected chi connectivity index (χ0v) is 12.6. The lowest BCUT2D eigenvalue weighted by atomic mass is 10.1. The van der Waals surface area contributed by atoms with Crippen molar-refractivity contribution < 1.29 is 9.72 Å². The minimum atomic E-state index is -0.449. The number of aryl methyl sites for hydroxylation is 1. The molecule has 0 N–H and O–H groups in total. The second-order valence-corrected chi connectivity index (χ2v) is 5.74. The minimum absolute atomic E-state index is 0.00306. The summed E-state index contributed by atoms with van der Waals surface area (Å²) >= 11 is 9.11. The fourth-order valence-electron chi connectivity index (χ4n) is 2.27. The number of non-ortho nitro benzene ring substituents is 1. The average Bonchev–Trinajstić information content (AvgIpc) is 2.70. The molecule has 1 saturated heterocycles. The molecule has 1 aliphatic heterocycles. The number of nitro benzene ring substituents is 1. The number of amides is 1. The molecule has 1 aromatic rings. The molecule has 0 saturated carbocycles. The van der Waals surface area contributed by atoms with Crippen LogP contribution in [0.2, 0.25) is 0 Å². The molecule has 1 atom stereocenters. The van der Waals surface area contributed by atoms with Crippen LogP contribution in [0, 0.1) is 23.0 Å². The number of rotatable bonds is 3. The zero-order chi connectivity index (χ0) is 14.2. The molecular weight excluding hydrogens is 336 g/mol. The summed E-state index contributed by atoms with van der Waals surface area (Å²) in [5.41, 5.74) is 1.40. The summed E-state index contributed by atoms with van der Waals surface area (Å²) in [6.07, 6.45) is 0.423. The number of carbonyl (C=O) groups excluding carboxylic acids is 1. The highest BCUT2D eigenvalue weighted by Crippen LogP contribution is 2.37. The number of alkyl halides is 1. The smallest absolute Gasteiger partial charge is 0.270 e. The molecule has 1 heterocycles. The first kappa shape index (κ1) is 14.3. The number of anilines is 1. The molecule has 5 nitrogen and oxygen atoms in total. The third-order valence-electron chi connectivity index (χ3n) is 3.14. The van der Waals surface area contributed by atoms with Crippen molar-refractivity contribution in [1.29, 1.82) is 0 Å². The van der Waals surface area contributed by atoms with Crippen LogP contribution in [0.4, 0.5) is 11.4 Å². The van der Waals surface area contributed by atoms with Gasteiger partial charge in [0.1, 0.15) is 0 Å². The number of benzene rings is 1. The Morgan fingerprint density at radius 2 is 2.26 bits per heavy atom. The first-order valence-corrected chi connectivity index (χ1v) is 7.07. The van der Waals surface area contributed by atoms with Crippen LogP contribution < -0.4 is 4.90 Å². The molecule has 0 aromatic heterocycles. The molecule has 7 heteroatoms.